The highest BCUT2D eigenvalue weighted by molar-refractivity contribution is 5.97. The van der Waals surface area contributed by atoms with Crippen molar-refractivity contribution in [2.24, 2.45) is 17.7 Å². The van der Waals surface area contributed by atoms with Crippen LogP contribution < -0.4 is 11.3 Å². The zero-order chi connectivity index (χ0) is 14.9. The van der Waals surface area contributed by atoms with Crippen LogP contribution in [0.15, 0.2) is 6.20 Å². The number of hydrogen-bond acceptors (Lipinski definition) is 5. The first-order chi connectivity index (χ1) is 9.43. The van der Waals surface area contributed by atoms with Gasteiger partial charge in [-0.05, 0) is 18.3 Å². The highest BCUT2D eigenvalue weighted by Gasteiger charge is 2.34. The van der Waals surface area contributed by atoms with Gasteiger partial charge in [-0.15, -0.1) is 0 Å². The smallest absolute Gasteiger partial charge is 0.274 e. The number of amides is 1. The average Bonchev–Trinajstić information content (AvgIpc) is 3.12. The maximum absolute atomic E-state index is 12.5. The van der Waals surface area contributed by atoms with E-state index < -0.39 is 0 Å². The normalized spacial score (nSPS) is 20.9. The Morgan fingerprint density at radius 1 is 1.60 bits per heavy atom. The molecule has 2 unspecified atom stereocenters. The molecule has 0 radical (unpaired) electrons. The summed E-state index contributed by atoms with van der Waals surface area (Å²) >= 11 is 0. The Balaban J connectivity index is 2.20. The maximum Gasteiger partial charge on any atom is 0.274 e. The summed E-state index contributed by atoms with van der Waals surface area (Å²) in [5, 5.41) is 0. The quantitative estimate of drug-likeness (QED) is 0.631. The highest BCUT2D eigenvalue weighted by atomic mass is 16.2. The molecule has 2 atom stereocenters. The van der Waals surface area contributed by atoms with Crippen molar-refractivity contribution in [2.45, 2.75) is 33.1 Å². The fourth-order valence-corrected chi connectivity index (χ4v) is 2.21. The second kappa shape index (κ2) is 5.75. The van der Waals surface area contributed by atoms with Gasteiger partial charge in [0.15, 0.2) is 5.69 Å². The minimum absolute atomic E-state index is 0.110. The molecule has 1 amide bonds. The Kier molecular flexibility index (Phi) is 4.23. The lowest BCUT2D eigenvalue weighted by molar-refractivity contribution is 0.0781. The molecule has 1 aliphatic rings. The number of nitrogens with one attached hydrogen (secondary N) is 1. The average molecular weight is 277 g/mol. The third kappa shape index (κ3) is 3.07. The standard InChI is InChI=1S/C14H23N5O/c1-8(2)13-16-6-11(18-15)12(17-13)14(20)19(4)7-10-5-9(10)3/h6,8-10,18H,5,7,15H2,1-4H3. The number of rotatable bonds is 5. The van der Waals surface area contributed by atoms with Crippen LogP contribution in [0.25, 0.3) is 0 Å². The van der Waals surface area contributed by atoms with E-state index >= 15 is 0 Å². The summed E-state index contributed by atoms with van der Waals surface area (Å²) in [4.78, 5) is 22.8. The Morgan fingerprint density at radius 3 is 2.75 bits per heavy atom. The first-order valence-corrected chi connectivity index (χ1v) is 7.03. The van der Waals surface area contributed by atoms with E-state index in [0.29, 0.717) is 29.0 Å². The first kappa shape index (κ1) is 14.7. The second-order valence-corrected chi connectivity index (χ2v) is 5.95. The van der Waals surface area contributed by atoms with Gasteiger partial charge in [-0.3, -0.25) is 10.6 Å². The zero-order valence-electron chi connectivity index (χ0n) is 12.6. The number of hydrogen-bond donors (Lipinski definition) is 2. The summed E-state index contributed by atoms with van der Waals surface area (Å²) in [5.41, 5.74) is 3.32. The molecule has 6 heteroatoms. The van der Waals surface area contributed by atoms with Gasteiger partial charge in [-0.25, -0.2) is 9.97 Å². The monoisotopic (exact) mass is 277 g/mol. The van der Waals surface area contributed by atoms with Gasteiger partial charge in [0.1, 0.15) is 5.82 Å². The summed E-state index contributed by atoms with van der Waals surface area (Å²) in [7, 11) is 1.81. The van der Waals surface area contributed by atoms with Crippen LogP contribution >= 0.6 is 0 Å². The molecule has 0 saturated heterocycles. The predicted molar refractivity (Wildman–Crippen MR) is 78.2 cm³/mol. The fraction of sp³-hybridized carbons (Fsp3) is 0.643. The van der Waals surface area contributed by atoms with Gasteiger partial charge in [0, 0.05) is 19.5 Å². The number of anilines is 1. The Morgan fingerprint density at radius 2 is 2.25 bits per heavy atom. The van der Waals surface area contributed by atoms with Crippen LogP contribution in [0.2, 0.25) is 0 Å². The van der Waals surface area contributed by atoms with Gasteiger partial charge in [0.2, 0.25) is 0 Å². The van der Waals surface area contributed by atoms with E-state index in [0.717, 1.165) is 6.54 Å². The van der Waals surface area contributed by atoms with Crippen LogP contribution in [0, 0.1) is 11.8 Å². The lowest BCUT2D eigenvalue weighted by atomic mass is 10.2. The van der Waals surface area contributed by atoms with Gasteiger partial charge in [0.05, 0.1) is 11.9 Å². The molecular weight excluding hydrogens is 254 g/mol. The Hall–Kier alpha value is -1.69. The minimum atomic E-state index is -0.110. The molecule has 0 spiro atoms. The molecule has 6 nitrogen and oxygen atoms in total. The van der Waals surface area contributed by atoms with E-state index in [1.54, 1.807) is 11.1 Å². The van der Waals surface area contributed by atoms with Crippen molar-refractivity contribution in [2.75, 3.05) is 19.0 Å². The molecule has 110 valence electrons. The van der Waals surface area contributed by atoms with Crippen molar-refractivity contribution in [3.05, 3.63) is 17.7 Å². The minimum Gasteiger partial charge on any atom is -0.340 e. The fourth-order valence-electron chi connectivity index (χ4n) is 2.21. The largest absolute Gasteiger partial charge is 0.340 e. The van der Waals surface area contributed by atoms with E-state index in [4.69, 9.17) is 5.84 Å². The van der Waals surface area contributed by atoms with Gasteiger partial charge < -0.3 is 10.3 Å². The Labute approximate surface area is 119 Å². The molecule has 0 aliphatic heterocycles. The number of hydrazine groups is 1. The van der Waals surface area contributed by atoms with Gasteiger partial charge in [0.25, 0.3) is 5.91 Å². The SMILES string of the molecule is CC(C)c1ncc(NN)c(C(=O)N(C)CC2CC2C)n1. The molecule has 1 saturated carbocycles. The van der Waals surface area contributed by atoms with Crippen LogP contribution in [0.5, 0.6) is 0 Å². The van der Waals surface area contributed by atoms with Crippen molar-refractivity contribution in [1.29, 1.82) is 0 Å². The van der Waals surface area contributed by atoms with Crippen LogP contribution in [-0.4, -0.2) is 34.4 Å². The van der Waals surface area contributed by atoms with Crippen molar-refractivity contribution in [1.82, 2.24) is 14.9 Å². The third-order valence-corrected chi connectivity index (χ3v) is 3.81. The topological polar surface area (TPSA) is 84.1 Å². The molecule has 1 aliphatic carbocycles. The molecule has 1 heterocycles. The first-order valence-electron chi connectivity index (χ1n) is 7.03. The third-order valence-electron chi connectivity index (χ3n) is 3.81. The highest BCUT2D eigenvalue weighted by Crippen LogP contribution is 2.38. The van der Waals surface area contributed by atoms with Crippen LogP contribution in [0.1, 0.15) is 49.4 Å². The van der Waals surface area contributed by atoms with Crippen molar-refractivity contribution in [3.63, 3.8) is 0 Å². The second-order valence-electron chi connectivity index (χ2n) is 5.95. The van der Waals surface area contributed by atoms with Crippen LogP contribution in [0.3, 0.4) is 0 Å². The zero-order valence-corrected chi connectivity index (χ0v) is 12.6. The van der Waals surface area contributed by atoms with E-state index in [1.165, 1.54) is 6.42 Å². The van der Waals surface area contributed by atoms with E-state index in [2.05, 4.69) is 22.3 Å². The Bertz CT molecular complexity index is 502. The lowest BCUT2D eigenvalue weighted by Crippen LogP contribution is -2.31. The molecule has 20 heavy (non-hydrogen) atoms. The molecule has 1 aromatic rings. The molecule has 0 bridgehead atoms. The lowest BCUT2D eigenvalue weighted by Gasteiger charge is -2.19. The molecule has 3 N–H and O–H groups in total. The number of nitrogens with zero attached hydrogens (tertiary/aromatic N) is 3. The van der Waals surface area contributed by atoms with Crippen LogP contribution in [-0.2, 0) is 0 Å². The van der Waals surface area contributed by atoms with E-state index in [1.807, 2.05) is 20.9 Å². The van der Waals surface area contributed by atoms with E-state index in [9.17, 15) is 4.79 Å². The predicted octanol–water partition coefficient (Wildman–Crippen LogP) is 1.61. The van der Waals surface area contributed by atoms with Gasteiger partial charge in [-0.1, -0.05) is 20.8 Å². The van der Waals surface area contributed by atoms with E-state index in [-0.39, 0.29) is 11.8 Å². The number of aromatic nitrogens is 2. The number of carbonyl (C=O) groups excluding carboxylic acids is 1. The van der Waals surface area contributed by atoms with Gasteiger partial charge in [-0.2, -0.15) is 0 Å². The molecule has 2 rings (SSSR count). The summed E-state index contributed by atoms with van der Waals surface area (Å²) < 4.78 is 0. The number of carbonyl (C=O) groups is 1. The summed E-state index contributed by atoms with van der Waals surface area (Å²) in [6, 6.07) is 0. The molecule has 1 aromatic heterocycles. The van der Waals surface area contributed by atoms with Crippen molar-refractivity contribution in [3.8, 4) is 0 Å². The van der Waals surface area contributed by atoms with Crippen molar-refractivity contribution >= 4 is 11.6 Å². The summed E-state index contributed by atoms with van der Waals surface area (Å²) in [5.74, 6) is 7.49. The summed E-state index contributed by atoms with van der Waals surface area (Å²) in [6.07, 6.45) is 2.77. The van der Waals surface area contributed by atoms with Crippen molar-refractivity contribution < 1.29 is 4.79 Å². The van der Waals surface area contributed by atoms with Crippen LogP contribution in [0.4, 0.5) is 5.69 Å². The maximum atomic E-state index is 12.5. The molecule has 0 aromatic carbocycles. The number of nitrogens with two attached hydrogens (primary N) is 1. The molecular formula is C14H23N5O. The van der Waals surface area contributed by atoms with Gasteiger partial charge >= 0.3 is 0 Å². The number of nitrogen functional groups attached to an aromatic ring is 1. The summed E-state index contributed by atoms with van der Waals surface area (Å²) in [6.45, 7) is 6.96. The molecule has 1 fully saturated rings.